The van der Waals surface area contributed by atoms with E-state index < -0.39 is 5.97 Å². The van der Waals surface area contributed by atoms with Crippen molar-refractivity contribution in [3.05, 3.63) is 90.0 Å². The topological polar surface area (TPSA) is 69.2 Å². The van der Waals surface area contributed by atoms with Crippen LogP contribution in [0.5, 0.6) is 0 Å². The summed E-state index contributed by atoms with van der Waals surface area (Å²) in [5, 5.41) is 13.4. The van der Waals surface area contributed by atoms with E-state index in [4.69, 9.17) is 0 Å². The molecular weight excluding hydrogens is 302 g/mol. The number of carboxylic acids is 1. The van der Waals surface area contributed by atoms with E-state index in [1.807, 2.05) is 42.5 Å². The predicted molar refractivity (Wildman–Crippen MR) is 90.6 cm³/mol. The Morgan fingerprint density at radius 2 is 1.21 bits per heavy atom. The zero-order valence-corrected chi connectivity index (χ0v) is 12.7. The van der Waals surface area contributed by atoms with Crippen LogP contribution >= 0.6 is 0 Å². The van der Waals surface area contributed by atoms with Gasteiger partial charge in [0, 0.05) is 11.3 Å². The highest BCUT2D eigenvalue weighted by Gasteiger charge is 2.07. The van der Waals surface area contributed by atoms with Crippen LogP contribution in [0.2, 0.25) is 0 Å². The van der Waals surface area contributed by atoms with Gasteiger partial charge in [0.25, 0.3) is 5.91 Å². The van der Waals surface area contributed by atoms with Crippen molar-refractivity contribution in [2.24, 2.45) is 0 Å². The molecule has 3 rings (SSSR count). The number of carboxylic acid groups (broad SMARTS) is 1. The quantitative estimate of drug-likeness (QED) is 0.804. The molecule has 4 nitrogen and oxygen atoms in total. The molecule has 0 aliphatic carbocycles. The highest BCUT2D eigenvalue weighted by Crippen LogP contribution is 2.20. The Hall–Kier alpha value is -3.40. The van der Waals surface area contributed by atoms with Crippen LogP contribution in [0.3, 0.4) is 0 Å². The fourth-order valence-electron chi connectivity index (χ4n) is 2.34. The van der Waals surface area contributed by atoms with E-state index in [-0.39, 0.29) is 11.5 Å². The lowest BCUT2D eigenvalue weighted by atomic mass is 10.0. The van der Waals surface area contributed by atoms with E-state index >= 15 is 0 Å². The lowest BCUT2D eigenvalue weighted by Gasteiger charge is -2.08. The highest BCUT2D eigenvalue weighted by atomic mass is 16.4. The van der Waals surface area contributed by atoms with E-state index in [1.54, 1.807) is 12.1 Å². The lowest BCUT2D eigenvalue weighted by Crippen LogP contribution is -2.22. The van der Waals surface area contributed by atoms with Gasteiger partial charge in [-0.1, -0.05) is 54.6 Å². The number of amides is 1. The molecule has 0 aliphatic rings. The molecule has 0 fully saturated rings. The molecular formula is C20H14NO3-. The van der Waals surface area contributed by atoms with Gasteiger partial charge in [0.2, 0.25) is 0 Å². The Balaban J connectivity index is 1.72. The van der Waals surface area contributed by atoms with Gasteiger partial charge in [0.15, 0.2) is 0 Å². The Labute approximate surface area is 139 Å². The first-order chi connectivity index (χ1) is 11.6. The fraction of sp³-hybridized carbons (Fsp3) is 0. The van der Waals surface area contributed by atoms with Crippen LogP contribution in [0, 0.1) is 0 Å². The van der Waals surface area contributed by atoms with Gasteiger partial charge in [-0.2, -0.15) is 0 Å². The number of anilines is 1. The van der Waals surface area contributed by atoms with Gasteiger partial charge < -0.3 is 15.2 Å². The smallest absolute Gasteiger partial charge is 0.255 e. The van der Waals surface area contributed by atoms with Gasteiger partial charge in [0.05, 0.1) is 5.97 Å². The Bertz CT molecular complexity index is 854. The lowest BCUT2D eigenvalue weighted by molar-refractivity contribution is -0.255. The summed E-state index contributed by atoms with van der Waals surface area (Å²) in [4.78, 5) is 22.9. The van der Waals surface area contributed by atoms with Crippen LogP contribution in [0.4, 0.5) is 5.69 Å². The van der Waals surface area contributed by atoms with Crippen molar-refractivity contribution in [2.75, 3.05) is 5.32 Å². The molecule has 1 amide bonds. The number of carbonyl (C=O) groups is 2. The molecule has 0 aromatic heterocycles. The molecule has 3 aromatic rings. The molecule has 0 saturated carbocycles. The van der Waals surface area contributed by atoms with Crippen molar-refractivity contribution in [1.82, 2.24) is 0 Å². The first-order valence-corrected chi connectivity index (χ1v) is 7.42. The zero-order valence-electron chi connectivity index (χ0n) is 12.7. The molecule has 0 aliphatic heterocycles. The second-order valence-electron chi connectivity index (χ2n) is 5.26. The molecule has 0 spiro atoms. The summed E-state index contributed by atoms with van der Waals surface area (Å²) in [5.41, 5.74) is 3.24. The normalized spacial score (nSPS) is 10.2. The van der Waals surface area contributed by atoms with Crippen molar-refractivity contribution in [2.45, 2.75) is 0 Å². The van der Waals surface area contributed by atoms with Crippen molar-refractivity contribution in [3.63, 3.8) is 0 Å². The van der Waals surface area contributed by atoms with Crippen molar-refractivity contribution in [3.8, 4) is 11.1 Å². The maximum absolute atomic E-state index is 12.2. The first kappa shape index (κ1) is 15.5. The Morgan fingerprint density at radius 3 is 1.79 bits per heavy atom. The summed E-state index contributed by atoms with van der Waals surface area (Å²) in [6, 6.07) is 23.0. The molecule has 0 atom stereocenters. The molecule has 1 N–H and O–H groups in total. The molecule has 0 bridgehead atoms. The Morgan fingerprint density at radius 1 is 0.667 bits per heavy atom. The van der Waals surface area contributed by atoms with Crippen LogP contribution in [0.25, 0.3) is 11.1 Å². The van der Waals surface area contributed by atoms with Crippen LogP contribution in [-0.4, -0.2) is 11.9 Å². The molecule has 0 radical (unpaired) electrons. The van der Waals surface area contributed by atoms with Gasteiger partial charge in [-0.3, -0.25) is 4.79 Å². The van der Waals surface area contributed by atoms with Crippen LogP contribution in [-0.2, 0) is 0 Å². The van der Waals surface area contributed by atoms with Crippen molar-refractivity contribution in [1.29, 1.82) is 0 Å². The summed E-state index contributed by atoms with van der Waals surface area (Å²) in [6.07, 6.45) is 0. The number of nitrogens with one attached hydrogen (secondary N) is 1. The predicted octanol–water partition coefficient (Wildman–Crippen LogP) is 2.97. The van der Waals surface area contributed by atoms with E-state index in [9.17, 15) is 14.7 Å². The molecule has 0 unspecified atom stereocenters. The highest BCUT2D eigenvalue weighted by molar-refractivity contribution is 6.04. The monoisotopic (exact) mass is 316 g/mol. The van der Waals surface area contributed by atoms with E-state index in [0.717, 1.165) is 11.1 Å². The maximum Gasteiger partial charge on any atom is 0.255 e. The van der Waals surface area contributed by atoms with E-state index in [2.05, 4.69) is 5.32 Å². The molecule has 118 valence electrons. The second-order valence-corrected chi connectivity index (χ2v) is 5.26. The second kappa shape index (κ2) is 6.79. The largest absolute Gasteiger partial charge is 0.545 e. The first-order valence-electron chi connectivity index (χ1n) is 7.42. The Kier molecular flexibility index (Phi) is 4.38. The summed E-state index contributed by atoms with van der Waals surface area (Å²) in [5.74, 6) is -1.50. The zero-order chi connectivity index (χ0) is 16.9. The van der Waals surface area contributed by atoms with Gasteiger partial charge in [-0.15, -0.1) is 0 Å². The molecule has 24 heavy (non-hydrogen) atoms. The summed E-state index contributed by atoms with van der Waals surface area (Å²) in [7, 11) is 0. The number of aromatic carboxylic acids is 1. The average molecular weight is 316 g/mol. The minimum absolute atomic E-state index is 0.0696. The number of hydrogen-bond donors (Lipinski definition) is 1. The summed E-state index contributed by atoms with van der Waals surface area (Å²) < 4.78 is 0. The third kappa shape index (κ3) is 3.50. The molecule has 3 aromatic carbocycles. The summed E-state index contributed by atoms with van der Waals surface area (Å²) >= 11 is 0. The van der Waals surface area contributed by atoms with Gasteiger partial charge in [0.1, 0.15) is 0 Å². The van der Waals surface area contributed by atoms with Gasteiger partial charge >= 0.3 is 0 Å². The van der Waals surface area contributed by atoms with Crippen LogP contribution < -0.4 is 10.4 Å². The third-order valence-corrected chi connectivity index (χ3v) is 3.63. The van der Waals surface area contributed by atoms with Crippen molar-refractivity contribution >= 4 is 17.6 Å². The number of hydrogen-bond acceptors (Lipinski definition) is 3. The molecule has 4 heteroatoms. The minimum Gasteiger partial charge on any atom is -0.545 e. The molecule has 0 saturated heterocycles. The van der Waals surface area contributed by atoms with Gasteiger partial charge in [-0.05, 0) is 41.0 Å². The average Bonchev–Trinajstić information content (AvgIpc) is 2.63. The third-order valence-electron chi connectivity index (χ3n) is 3.63. The van der Waals surface area contributed by atoms with E-state index in [1.165, 1.54) is 24.3 Å². The fourth-order valence-corrected chi connectivity index (χ4v) is 2.34. The van der Waals surface area contributed by atoms with Gasteiger partial charge in [-0.25, -0.2) is 0 Å². The van der Waals surface area contributed by atoms with E-state index in [0.29, 0.717) is 11.3 Å². The van der Waals surface area contributed by atoms with Crippen LogP contribution in [0.15, 0.2) is 78.9 Å². The maximum atomic E-state index is 12.2. The van der Waals surface area contributed by atoms with Crippen LogP contribution in [0.1, 0.15) is 20.7 Å². The number of carbonyl (C=O) groups excluding carboxylic acids is 2. The van der Waals surface area contributed by atoms with Crippen molar-refractivity contribution < 1.29 is 14.7 Å². The number of benzene rings is 3. The SMILES string of the molecule is O=C([O-])c1ccc(NC(=O)c2ccc(-c3ccccc3)cc2)cc1. The molecule has 0 heterocycles. The minimum atomic E-state index is -1.25. The summed E-state index contributed by atoms with van der Waals surface area (Å²) in [6.45, 7) is 0. The standard InChI is InChI=1S/C20H15NO3/c22-19(21-18-12-10-17(11-13-18)20(23)24)16-8-6-15(7-9-16)14-4-2-1-3-5-14/h1-13H,(H,21,22)(H,23,24)/p-1. The number of rotatable bonds is 4.